The standard InChI is InChI=1S/C15H23N3O3S/c1-17(2)9-4-8-16-15(19)13-5-6-14-12(11-13)7-10-18(14)22(3,20)21/h5-6,11H,4,7-10H2,1-3H3,(H,16,19). The molecule has 1 N–H and O–H groups in total. The number of sulfonamides is 1. The van der Waals surface area contributed by atoms with Crippen LogP contribution in [0.1, 0.15) is 22.3 Å². The summed E-state index contributed by atoms with van der Waals surface area (Å²) in [6.45, 7) is 2.00. The first-order chi connectivity index (χ1) is 10.3. The van der Waals surface area contributed by atoms with Gasteiger partial charge in [0.1, 0.15) is 0 Å². The van der Waals surface area contributed by atoms with Gasteiger partial charge in [0.2, 0.25) is 10.0 Å². The third-order valence-electron chi connectivity index (χ3n) is 3.66. The average molecular weight is 325 g/mol. The molecule has 1 aliphatic heterocycles. The SMILES string of the molecule is CN(C)CCCNC(=O)c1ccc2c(c1)CCN2S(C)(=O)=O. The monoisotopic (exact) mass is 325 g/mol. The molecule has 0 spiro atoms. The highest BCUT2D eigenvalue weighted by Gasteiger charge is 2.26. The van der Waals surface area contributed by atoms with Crippen molar-refractivity contribution in [2.45, 2.75) is 12.8 Å². The molecule has 0 fully saturated rings. The van der Waals surface area contributed by atoms with Crippen LogP contribution < -0.4 is 9.62 Å². The molecular weight excluding hydrogens is 302 g/mol. The van der Waals surface area contributed by atoms with E-state index in [9.17, 15) is 13.2 Å². The molecule has 6 nitrogen and oxygen atoms in total. The number of carbonyl (C=O) groups excluding carboxylic acids is 1. The minimum absolute atomic E-state index is 0.112. The fourth-order valence-electron chi connectivity index (χ4n) is 2.56. The van der Waals surface area contributed by atoms with Gasteiger partial charge in [0.15, 0.2) is 0 Å². The number of fused-ring (bicyclic) bond motifs is 1. The molecule has 0 aromatic heterocycles. The lowest BCUT2D eigenvalue weighted by molar-refractivity contribution is 0.0952. The normalized spacial score (nSPS) is 14.3. The molecule has 1 heterocycles. The molecule has 0 saturated carbocycles. The van der Waals surface area contributed by atoms with Gasteiger partial charge >= 0.3 is 0 Å². The van der Waals surface area contributed by atoms with E-state index in [1.54, 1.807) is 18.2 Å². The van der Waals surface area contributed by atoms with Gasteiger partial charge < -0.3 is 10.2 Å². The maximum absolute atomic E-state index is 12.1. The van der Waals surface area contributed by atoms with Crippen LogP contribution in [0.15, 0.2) is 18.2 Å². The van der Waals surface area contributed by atoms with E-state index in [1.165, 1.54) is 10.6 Å². The van der Waals surface area contributed by atoms with Crippen molar-refractivity contribution in [1.82, 2.24) is 10.2 Å². The maximum atomic E-state index is 12.1. The first-order valence-electron chi connectivity index (χ1n) is 7.32. The molecule has 0 saturated heterocycles. The van der Waals surface area contributed by atoms with Gasteiger partial charge in [0, 0.05) is 18.7 Å². The zero-order valence-corrected chi connectivity index (χ0v) is 14.1. The zero-order chi connectivity index (χ0) is 16.3. The van der Waals surface area contributed by atoms with Crippen molar-refractivity contribution >= 4 is 21.6 Å². The summed E-state index contributed by atoms with van der Waals surface area (Å²) in [4.78, 5) is 14.2. The van der Waals surface area contributed by atoms with Crippen LogP contribution in [-0.2, 0) is 16.4 Å². The first kappa shape index (κ1) is 16.8. The second-order valence-electron chi connectivity index (χ2n) is 5.84. The highest BCUT2D eigenvalue weighted by atomic mass is 32.2. The number of rotatable bonds is 6. The Bertz CT molecular complexity index is 656. The Kier molecular flexibility index (Phi) is 5.08. The highest BCUT2D eigenvalue weighted by Crippen LogP contribution is 2.30. The first-order valence-corrected chi connectivity index (χ1v) is 9.17. The van der Waals surface area contributed by atoms with Crippen molar-refractivity contribution in [3.05, 3.63) is 29.3 Å². The number of carbonyl (C=O) groups is 1. The van der Waals surface area contributed by atoms with E-state index >= 15 is 0 Å². The largest absolute Gasteiger partial charge is 0.352 e. The lowest BCUT2D eigenvalue weighted by atomic mass is 10.1. The number of benzene rings is 1. The summed E-state index contributed by atoms with van der Waals surface area (Å²) in [7, 11) is 0.745. The van der Waals surface area contributed by atoms with Crippen LogP contribution in [0, 0.1) is 0 Å². The molecular formula is C15H23N3O3S. The van der Waals surface area contributed by atoms with Gasteiger partial charge in [-0.15, -0.1) is 0 Å². The summed E-state index contributed by atoms with van der Waals surface area (Å²) in [6, 6.07) is 5.20. The number of hydrogen-bond donors (Lipinski definition) is 1. The van der Waals surface area contributed by atoms with Crippen molar-refractivity contribution in [3.8, 4) is 0 Å². The van der Waals surface area contributed by atoms with Crippen LogP contribution >= 0.6 is 0 Å². The Morgan fingerprint density at radius 3 is 2.73 bits per heavy atom. The molecule has 1 aromatic carbocycles. The summed E-state index contributed by atoms with van der Waals surface area (Å²) in [5.74, 6) is -0.112. The van der Waals surface area contributed by atoms with Gasteiger partial charge in [0.25, 0.3) is 5.91 Å². The summed E-state index contributed by atoms with van der Waals surface area (Å²) in [5, 5.41) is 2.89. The molecule has 1 aromatic rings. The molecule has 1 amide bonds. The molecule has 0 radical (unpaired) electrons. The van der Waals surface area contributed by atoms with Crippen molar-refractivity contribution < 1.29 is 13.2 Å². The zero-order valence-electron chi connectivity index (χ0n) is 13.3. The smallest absolute Gasteiger partial charge is 0.251 e. The van der Waals surface area contributed by atoms with E-state index in [4.69, 9.17) is 0 Å². The minimum atomic E-state index is -3.25. The van der Waals surface area contributed by atoms with E-state index in [1.807, 2.05) is 14.1 Å². The minimum Gasteiger partial charge on any atom is -0.352 e. The molecule has 122 valence electrons. The lowest BCUT2D eigenvalue weighted by Gasteiger charge is -2.16. The van der Waals surface area contributed by atoms with Crippen LogP contribution in [0.3, 0.4) is 0 Å². The number of nitrogens with zero attached hydrogens (tertiary/aromatic N) is 2. The van der Waals surface area contributed by atoms with Gasteiger partial charge in [0.05, 0.1) is 11.9 Å². The number of nitrogens with one attached hydrogen (secondary N) is 1. The Morgan fingerprint density at radius 1 is 1.36 bits per heavy atom. The molecule has 22 heavy (non-hydrogen) atoms. The van der Waals surface area contributed by atoms with Gasteiger partial charge in [-0.2, -0.15) is 0 Å². The van der Waals surface area contributed by atoms with Crippen LogP contribution in [0.25, 0.3) is 0 Å². The van der Waals surface area contributed by atoms with Crippen LogP contribution in [0.2, 0.25) is 0 Å². The Balaban J connectivity index is 2.02. The number of hydrogen-bond acceptors (Lipinski definition) is 4. The van der Waals surface area contributed by atoms with Crippen LogP contribution in [0.4, 0.5) is 5.69 Å². The quantitative estimate of drug-likeness (QED) is 0.781. The van der Waals surface area contributed by atoms with Gasteiger partial charge in [-0.1, -0.05) is 0 Å². The van der Waals surface area contributed by atoms with Crippen molar-refractivity contribution in [1.29, 1.82) is 0 Å². The molecule has 7 heteroatoms. The third-order valence-corrected chi connectivity index (χ3v) is 4.84. The maximum Gasteiger partial charge on any atom is 0.251 e. The molecule has 0 bridgehead atoms. The molecule has 2 rings (SSSR count). The predicted octanol–water partition coefficient (Wildman–Crippen LogP) is 0.690. The Hall–Kier alpha value is -1.60. The average Bonchev–Trinajstić information content (AvgIpc) is 2.85. The molecule has 0 atom stereocenters. The van der Waals surface area contributed by atoms with Gasteiger partial charge in [-0.05, 0) is 57.2 Å². The number of amides is 1. The molecule has 1 aliphatic rings. The van der Waals surface area contributed by atoms with Crippen molar-refractivity contribution in [2.75, 3.05) is 44.3 Å². The van der Waals surface area contributed by atoms with Crippen molar-refractivity contribution in [3.63, 3.8) is 0 Å². The number of anilines is 1. The molecule has 0 unspecified atom stereocenters. The lowest BCUT2D eigenvalue weighted by Crippen LogP contribution is -2.28. The second kappa shape index (κ2) is 6.66. The van der Waals surface area contributed by atoms with E-state index in [0.717, 1.165) is 18.5 Å². The van der Waals surface area contributed by atoms with Crippen LogP contribution in [-0.4, -0.2) is 59.2 Å². The van der Waals surface area contributed by atoms with Gasteiger partial charge in [-0.25, -0.2) is 8.42 Å². The fourth-order valence-corrected chi connectivity index (χ4v) is 3.51. The van der Waals surface area contributed by atoms with E-state index in [0.29, 0.717) is 30.8 Å². The highest BCUT2D eigenvalue weighted by molar-refractivity contribution is 7.92. The van der Waals surface area contributed by atoms with Crippen LogP contribution in [0.5, 0.6) is 0 Å². The predicted molar refractivity (Wildman–Crippen MR) is 87.8 cm³/mol. The summed E-state index contributed by atoms with van der Waals surface area (Å²) in [6.07, 6.45) is 2.74. The Labute approximate surface area is 132 Å². The van der Waals surface area contributed by atoms with Gasteiger partial charge in [-0.3, -0.25) is 9.10 Å². The second-order valence-corrected chi connectivity index (χ2v) is 7.75. The van der Waals surface area contributed by atoms with E-state index < -0.39 is 10.0 Å². The summed E-state index contributed by atoms with van der Waals surface area (Å²) in [5.41, 5.74) is 2.18. The Morgan fingerprint density at radius 2 is 2.09 bits per heavy atom. The summed E-state index contributed by atoms with van der Waals surface area (Å²) >= 11 is 0. The fraction of sp³-hybridized carbons (Fsp3) is 0.533. The van der Waals surface area contributed by atoms with E-state index in [2.05, 4.69) is 10.2 Å². The molecule has 0 aliphatic carbocycles. The topological polar surface area (TPSA) is 69.7 Å². The summed E-state index contributed by atoms with van der Waals surface area (Å²) < 4.78 is 24.8. The van der Waals surface area contributed by atoms with E-state index in [-0.39, 0.29) is 5.91 Å². The van der Waals surface area contributed by atoms with Crippen molar-refractivity contribution in [2.24, 2.45) is 0 Å². The third kappa shape index (κ3) is 3.98.